The van der Waals surface area contributed by atoms with Gasteiger partial charge in [0.2, 0.25) is 5.91 Å². The van der Waals surface area contributed by atoms with Gasteiger partial charge in [-0.2, -0.15) is 0 Å². The molecule has 1 rings (SSSR count). The molecule has 1 fully saturated rings. The molecular formula is C14H26N2O. The fraction of sp³-hybridized carbons (Fsp3) is 0.786. The van der Waals surface area contributed by atoms with Crippen LogP contribution < -0.4 is 11.1 Å². The molecular weight excluding hydrogens is 212 g/mol. The summed E-state index contributed by atoms with van der Waals surface area (Å²) in [5, 5.41) is 2.96. The second-order valence-electron chi connectivity index (χ2n) is 6.08. The molecule has 3 unspecified atom stereocenters. The summed E-state index contributed by atoms with van der Waals surface area (Å²) in [6.07, 6.45) is 1.83. The van der Waals surface area contributed by atoms with Gasteiger partial charge in [-0.25, -0.2) is 0 Å². The summed E-state index contributed by atoms with van der Waals surface area (Å²) in [6, 6.07) is 0.218. The molecule has 0 spiro atoms. The molecule has 0 aliphatic heterocycles. The van der Waals surface area contributed by atoms with E-state index >= 15 is 0 Å². The number of carbonyl (C=O) groups is 1. The fourth-order valence-corrected chi connectivity index (χ4v) is 2.68. The Kier molecular flexibility index (Phi) is 4.36. The zero-order chi connectivity index (χ0) is 13.2. The van der Waals surface area contributed by atoms with E-state index in [1.165, 1.54) is 0 Å². The second kappa shape index (κ2) is 5.21. The van der Waals surface area contributed by atoms with E-state index in [-0.39, 0.29) is 23.3 Å². The lowest BCUT2D eigenvalue weighted by molar-refractivity contribution is -0.132. The maximum atomic E-state index is 12.2. The van der Waals surface area contributed by atoms with E-state index in [1.807, 2.05) is 6.92 Å². The summed E-state index contributed by atoms with van der Waals surface area (Å²) >= 11 is 0. The minimum absolute atomic E-state index is 0.0309. The average molecular weight is 238 g/mol. The highest BCUT2D eigenvalue weighted by Gasteiger charge is 2.44. The van der Waals surface area contributed by atoms with E-state index in [0.717, 1.165) is 18.4 Å². The predicted molar refractivity (Wildman–Crippen MR) is 71.5 cm³/mol. The van der Waals surface area contributed by atoms with Gasteiger partial charge >= 0.3 is 0 Å². The molecule has 0 aromatic heterocycles. The van der Waals surface area contributed by atoms with Gasteiger partial charge in [0.1, 0.15) is 0 Å². The van der Waals surface area contributed by atoms with Crippen LogP contribution in [-0.4, -0.2) is 18.5 Å². The van der Waals surface area contributed by atoms with Gasteiger partial charge in [0.15, 0.2) is 0 Å². The van der Waals surface area contributed by atoms with Gasteiger partial charge in [0.25, 0.3) is 0 Å². The van der Waals surface area contributed by atoms with Gasteiger partial charge in [0.05, 0.1) is 0 Å². The van der Waals surface area contributed by atoms with Crippen molar-refractivity contribution in [2.45, 2.75) is 46.6 Å². The molecule has 0 bridgehead atoms. The molecule has 1 aliphatic carbocycles. The summed E-state index contributed by atoms with van der Waals surface area (Å²) in [5.41, 5.74) is 7.04. The number of hydrogen-bond acceptors (Lipinski definition) is 2. The first kappa shape index (κ1) is 14.2. The maximum Gasteiger partial charge on any atom is 0.223 e. The largest absolute Gasteiger partial charge is 0.352 e. The van der Waals surface area contributed by atoms with Crippen molar-refractivity contribution >= 4 is 5.91 Å². The van der Waals surface area contributed by atoms with Crippen molar-refractivity contribution in [3.63, 3.8) is 0 Å². The van der Waals surface area contributed by atoms with Crippen LogP contribution in [0.1, 0.15) is 40.5 Å². The highest BCUT2D eigenvalue weighted by atomic mass is 16.1. The Hall–Kier alpha value is -0.830. The molecule has 3 N–H and O–H groups in total. The Bertz CT molecular complexity index is 309. The highest BCUT2D eigenvalue weighted by molar-refractivity contribution is 5.79. The third kappa shape index (κ3) is 3.09. The standard InChI is InChI=1S/C14H26N2O/c1-9(2)8-16-13(17)11-6-7-12(15)10(3)14(11,4)5/h10-12H,1,6-8,15H2,2-5H3,(H,16,17). The third-order valence-corrected chi connectivity index (χ3v) is 4.38. The molecule has 0 aromatic rings. The van der Waals surface area contributed by atoms with Gasteiger partial charge in [-0.15, -0.1) is 0 Å². The lowest BCUT2D eigenvalue weighted by atomic mass is 9.61. The van der Waals surface area contributed by atoms with Crippen LogP contribution in [-0.2, 0) is 4.79 Å². The minimum Gasteiger partial charge on any atom is -0.352 e. The summed E-state index contributed by atoms with van der Waals surface area (Å²) in [7, 11) is 0. The summed E-state index contributed by atoms with van der Waals surface area (Å²) in [6.45, 7) is 12.8. The van der Waals surface area contributed by atoms with Crippen molar-refractivity contribution in [1.82, 2.24) is 5.32 Å². The van der Waals surface area contributed by atoms with Crippen molar-refractivity contribution in [3.8, 4) is 0 Å². The quantitative estimate of drug-likeness (QED) is 0.740. The van der Waals surface area contributed by atoms with Crippen molar-refractivity contribution in [3.05, 3.63) is 12.2 Å². The molecule has 1 saturated carbocycles. The minimum atomic E-state index is -0.0309. The molecule has 0 saturated heterocycles. The number of nitrogens with two attached hydrogens (primary N) is 1. The van der Waals surface area contributed by atoms with Gasteiger partial charge in [0, 0.05) is 18.5 Å². The van der Waals surface area contributed by atoms with E-state index in [1.54, 1.807) is 0 Å². The summed E-state index contributed by atoms with van der Waals surface area (Å²) in [5.74, 6) is 0.588. The first-order valence-electron chi connectivity index (χ1n) is 6.44. The first-order valence-corrected chi connectivity index (χ1v) is 6.44. The van der Waals surface area contributed by atoms with Crippen molar-refractivity contribution in [2.24, 2.45) is 23.0 Å². The zero-order valence-corrected chi connectivity index (χ0v) is 11.5. The molecule has 3 heteroatoms. The van der Waals surface area contributed by atoms with Crippen LogP contribution in [0.3, 0.4) is 0 Å². The molecule has 0 radical (unpaired) electrons. The lowest BCUT2D eigenvalue weighted by Crippen LogP contribution is -2.51. The number of amides is 1. The molecule has 1 aliphatic rings. The van der Waals surface area contributed by atoms with Gasteiger partial charge in [-0.1, -0.05) is 32.9 Å². The van der Waals surface area contributed by atoms with Crippen LogP contribution in [0.4, 0.5) is 0 Å². The monoisotopic (exact) mass is 238 g/mol. The Balaban J connectivity index is 2.70. The molecule has 0 aromatic carbocycles. The van der Waals surface area contributed by atoms with Crippen LogP contribution in [0.5, 0.6) is 0 Å². The van der Waals surface area contributed by atoms with E-state index in [4.69, 9.17) is 5.73 Å². The molecule has 17 heavy (non-hydrogen) atoms. The smallest absolute Gasteiger partial charge is 0.223 e. The van der Waals surface area contributed by atoms with E-state index < -0.39 is 0 Å². The van der Waals surface area contributed by atoms with Crippen LogP contribution >= 0.6 is 0 Å². The maximum absolute atomic E-state index is 12.2. The Morgan fingerprint density at radius 2 is 2.06 bits per heavy atom. The molecule has 1 amide bonds. The number of carbonyl (C=O) groups excluding carboxylic acids is 1. The normalized spacial score (nSPS) is 31.9. The van der Waals surface area contributed by atoms with Crippen LogP contribution in [0, 0.1) is 17.3 Å². The van der Waals surface area contributed by atoms with Crippen LogP contribution in [0.25, 0.3) is 0 Å². The molecule has 0 heterocycles. The number of rotatable bonds is 3. The molecule has 98 valence electrons. The van der Waals surface area contributed by atoms with Crippen molar-refractivity contribution < 1.29 is 4.79 Å². The third-order valence-electron chi connectivity index (χ3n) is 4.38. The van der Waals surface area contributed by atoms with Gasteiger partial charge in [-0.05, 0) is 31.1 Å². The molecule has 3 atom stereocenters. The SMILES string of the molecule is C=C(C)CNC(=O)C1CCC(N)C(C)C1(C)C. The van der Waals surface area contributed by atoms with Gasteiger partial charge in [-0.3, -0.25) is 4.79 Å². The highest BCUT2D eigenvalue weighted by Crippen LogP contribution is 2.44. The Morgan fingerprint density at radius 1 is 1.47 bits per heavy atom. The summed E-state index contributed by atoms with van der Waals surface area (Å²) in [4.78, 5) is 12.2. The Morgan fingerprint density at radius 3 is 2.59 bits per heavy atom. The first-order chi connectivity index (χ1) is 7.76. The number of nitrogens with one attached hydrogen (secondary N) is 1. The lowest BCUT2D eigenvalue weighted by Gasteiger charge is -2.46. The fourth-order valence-electron chi connectivity index (χ4n) is 2.68. The Labute approximate surface area is 105 Å². The average Bonchev–Trinajstić information content (AvgIpc) is 2.23. The van der Waals surface area contributed by atoms with E-state index in [9.17, 15) is 4.79 Å². The predicted octanol–water partition coefficient (Wildman–Crippen LogP) is 2.08. The zero-order valence-electron chi connectivity index (χ0n) is 11.5. The van der Waals surface area contributed by atoms with E-state index in [2.05, 4.69) is 32.7 Å². The van der Waals surface area contributed by atoms with E-state index in [0.29, 0.717) is 12.5 Å². The molecule has 3 nitrogen and oxygen atoms in total. The second-order valence-corrected chi connectivity index (χ2v) is 6.08. The van der Waals surface area contributed by atoms with Crippen molar-refractivity contribution in [2.75, 3.05) is 6.54 Å². The van der Waals surface area contributed by atoms with Crippen LogP contribution in [0.2, 0.25) is 0 Å². The van der Waals surface area contributed by atoms with Crippen LogP contribution in [0.15, 0.2) is 12.2 Å². The summed E-state index contributed by atoms with van der Waals surface area (Å²) < 4.78 is 0. The van der Waals surface area contributed by atoms with Crippen molar-refractivity contribution in [1.29, 1.82) is 0 Å². The topological polar surface area (TPSA) is 55.1 Å². The van der Waals surface area contributed by atoms with Gasteiger partial charge < -0.3 is 11.1 Å². The number of hydrogen-bond donors (Lipinski definition) is 2.